The first-order chi connectivity index (χ1) is 10.3. The third kappa shape index (κ3) is 4.88. The Kier molecular flexibility index (Phi) is 6.25. The summed E-state index contributed by atoms with van der Waals surface area (Å²) < 4.78 is 5.60. The monoisotopic (exact) mass is 284 g/mol. The Hall–Kier alpha value is -1.84. The highest BCUT2D eigenvalue weighted by molar-refractivity contribution is 5.29. The molecule has 3 nitrogen and oxygen atoms in total. The standard InChI is InChI=1S/C18H24N2O/c1-2-12-21-17-10-8-16(9-11-17)18(13-19)20-14-15-6-4-3-5-7-15/h3-11,18,20H,2,12-14,19H2,1H3. The van der Waals surface area contributed by atoms with Crippen molar-refractivity contribution in [1.82, 2.24) is 5.32 Å². The largest absolute Gasteiger partial charge is 0.494 e. The Labute approximate surface area is 127 Å². The minimum atomic E-state index is 0.158. The number of hydrogen-bond acceptors (Lipinski definition) is 3. The summed E-state index contributed by atoms with van der Waals surface area (Å²) in [5.74, 6) is 0.916. The quantitative estimate of drug-likeness (QED) is 0.782. The van der Waals surface area contributed by atoms with Gasteiger partial charge in [0.15, 0.2) is 0 Å². The summed E-state index contributed by atoms with van der Waals surface area (Å²) in [5.41, 5.74) is 8.35. The maximum Gasteiger partial charge on any atom is 0.119 e. The predicted octanol–water partition coefficient (Wildman–Crippen LogP) is 3.27. The first-order valence-corrected chi connectivity index (χ1v) is 7.53. The van der Waals surface area contributed by atoms with Gasteiger partial charge in [-0.3, -0.25) is 0 Å². The normalized spacial score (nSPS) is 12.1. The van der Waals surface area contributed by atoms with Crippen LogP contribution < -0.4 is 15.8 Å². The lowest BCUT2D eigenvalue weighted by Crippen LogP contribution is -2.27. The van der Waals surface area contributed by atoms with Crippen LogP contribution in [-0.2, 0) is 6.54 Å². The van der Waals surface area contributed by atoms with Crippen molar-refractivity contribution in [2.24, 2.45) is 5.73 Å². The summed E-state index contributed by atoms with van der Waals surface area (Å²) in [6.07, 6.45) is 1.02. The molecular weight excluding hydrogens is 260 g/mol. The van der Waals surface area contributed by atoms with E-state index < -0.39 is 0 Å². The molecule has 1 unspecified atom stereocenters. The minimum absolute atomic E-state index is 0.158. The van der Waals surface area contributed by atoms with Crippen molar-refractivity contribution in [1.29, 1.82) is 0 Å². The van der Waals surface area contributed by atoms with Crippen LogP contribution in [-0.4, -0.2) is 13.2 Å². The van der Waals surface area contributed by atoms with Crippen molar-refractivity contribution in [3.8, 4) is 5.75 Å². The van der Waals surface area contributed by atoms with Crippen molar-refractivity contribution in [2.75, 3.05) is 13.2 Å². The van der Waals surface area contributed by atoms with Gasteiger partial charge in [-0.15, -0.1) is 0 Å². The van der Waals surface area contributed by atoms with Crippen LogP contribution in [0, 0.1) is 0 Å². The summed E-state index contributed by atoms with van der Waals surface area (Å²) >= 11 is 0. The Morgan fingerprint density at radius 3 is 2.38 bits per heavy atom. The van der Waals surface area contributed by atoms with Crippen LogP contribution in [0.2, 0.25) is 0 Å². The summed E-state index contributed by atoms with van der Waals surface area (Å²) in [5, 5.41) is 3.50. The predicted molar refractivity (Wildman–Crippen MR) is 87.3 cm³/mol. The van der Waals surface area contributed by atoms with Gasteiger partial charge in [0.1, 0.15) is 5.75 Å². The average Bonchev–Trinajstić information content (AvgIpc) is 2.55. The van der Waals surface area contributed by atoms with Gasteiger partial charge in [-0.25, -0.2) is 0 Å². The highest BCUT2D eigenvalue weighted by Crippen LogP contribution is 2.18. The number of nitrogens with two attached hydrogens (primary N) is 1. The van der Waals surface area contributed by atoms with Crippen LogP contribution in [0.25, 0.3) is 0 Å². The fourth-order valence-corrected chi connectivity index (χ4v) is 2.19. The molecule has 0 aliphatic heterocycles. The molecule has 2 rings (SSSR count). The van der Waals surface area contributed by atoms with Gasteiger partial charge in [-0.2, -0.15) is 0 Å². The van der Waals surface area contributed by atoms with E-state index in [1.165, 1.54) is 11.1 Å². The molecule has 0 saturated heterocycles. The molecule has 0 radical (unpaired) electrons. The van der Waals surface area contributed by atoms with Crippen LogP contribution in [0.5, 0.6) is 5.75 Å². The van der Waals surface area contributed by atoms with E-state index in [0.717, 1.165) is 25.3 Å². The van der Waals surface area contributed by atoms with E-state index in [2.05, 4.69) is 36.5 Å². The van der Waals surface area contributed by atoms with Gasteiger partial charge in [0.2, 0.25) is 0 Å². The Bertz CT molecular complexity index is 511. The first kappa shape index (κ1) is 15.5. The molecule has 2 aromatic rings. The molecule has 0 fully saturated rings. The Balaban J connectivity index is 1.94. The van der Waals surface area contributed by atoms with Crippen LogP contribution in [0.1, 0.15) is 30.5 Å². The van der Waals surface area contributed by atoms with Gasteiger partial charge < -0.3 is 15.8 Å². The summed E-state index contributed by atoms with van der Waals surface area (Å²) in [4.78, 5) is 0. The molecule has 0 heterocycles. The van der Waals surface area contributed by atoms with E-state index in [1.807, 2.05) is 30.3 Å². The highest BCUT2D eigenvalue weighted by atomic mass is 16.5. The Morgan fingerprint density at radius 2 is 1.76 bits per heavy atom. The number of hydrogen-bond donors (Lipinski definition) is 2. The van der Waals surface area contributed by atoms with Crippen LogP contribution in [0.3, 0.4) is 0 Å². The molecule has 3 N–H and O–H groups in total. The van der Waals surface area contributed by atoms with E-state index in [1.54, 1.807) is 0 Å². The fraction of sp³-hybridized carbons (Fsp3) is 0.333. The molecule has 0 saturated carbocycles. The van der Waals surface area contributed by atoms with E-state index in [-0.39, 0.29) is 6.04 Å². The molecule has 0 spiro atoms. The van der Waals surface area contributed by atoms with Gasteiger partial charge in [0.25, 0.3) is 0 Å². The highest BCUT2D eigenvalue weighted by Gasteiger charge is 2.09. The maximum absolute atomic E-state index is 5.89. The molecular formula is C18H24N2O. The molecule has 0 bridgehead atoms. The minimum Gasteiger partial charge on any atom is -0.494 e. The number of nitrogens with one attached hydrogen (secondary N) is 1. The van der Waals surface area contributed by atoms with Crippen molar-refractivity contribution < 1.29 is 4.74 Å². The average molecular weight is 284 g/mol. The first-order valence-electron chi connectivity index (χ1n) is 7.53. The third-order valence-electron chi connectivity index (χ3n) is 3.39. The topological polar surface area (TPSA) is 47.3 Å². The van der Waals surface area contributed by atoms with E-state index >= 15 is 0 Å². The summed E-state index contributed by atoms with van der Waals surface area (Å²) in [7, 11) is 0. The fourth-order valence-electron chi connectivity index (χ4n) is 2.19. The number of ether oxygens (including phenoxy) is 1. The molecule has 112 valence electrons. The second-order valence-corrected chi connectivity index (χ2v) is 5.07. The lowest BCUT2D eigenvalue weighted by molar-refractivity contribution is 0.317. The van der Waals surface area contributed by atoms with E-state index in [9.17, 15) is 0 Å². The summed E-state index contributed by atoms with van der Waals surface area (Å²) in [6, 6.07) is 18.7. The van der Waals surface area contributed by atoms with Gasteiger partial charge in [-0.05, 0) is 29.7 Å². The molecule has 0 aliphatic rings. The van der Waals surface area contributed by atoms with Gasteiger partial charge >= 0.3 is 0 Å². The number of rotatable bonds is 8. The van der Waals surface area contributed by atoms with Crippen LogP contribution in [0.15, 0.2) is 54.6 Å². The van der Waals surface area contributed by atoms with Gasteiger partial charge in [0.05, 0.1) is 6.61 Å². The van der Waals surface area contributed by atoms with Crippen LogP contribution >= 0.6 is 0 Å². The van der Waals surface area contributed by atoms with Crippen molar-refractivity contribution >= 4 is 0 Å². The SMILES string of the molecule is CCCOc1ccc(C(CN)NCc2ccccc2)cc1. The molecule has 1 atom stereocenters. The molecule has 0 aromatic heterocycles. The molecule has 3 heteroatoms. The van der Waals surface area contributed by atoms with Gasteiger partial charge in [0, 0.05) is 19.1 Å². The molecule has 0 aliphatic carbocycles. The zero-order valence-corrected chi connectivity index (χ0v) is 12.6. The maximum atomic E-state index is 5.89. The van der Waals surface area contributed by atoms with Gasteiger partial charge in [-0.1, -0.05) is 49.4 Å². The third-order valence-corrected chi connectivity index (χ3v) is 3.39. The zero-order valence-electron chi connectivity index (χ0n) is 12.6. The number of benzene rings is 2. The molecule has 2 aromatic carbocycles. The smallest absolute Gasteiger partial charge is 0.119 e. The zero-order chi connectivity index (χ0) is 14.9. The molecule has 0 amide bonds. The lowest BCUT2D eigenvalue weighted by Gasteiger charge is -2.18. The Morgan fingerprint density at radius 1 is 1.05 bits per heavy atom. The second kappa shape index (κ2) is 8.45. The van der Waals surface area contributed by atoms with Crippen molar-refractivity contribution in [3.63, 3.8) is 0 Å². The second-order valence-electron chi connectivity index (χ2n) is 5.07. The van der Waals surface area contributed by atoms with E-state index in [0.29, 0.717) is 6.54 Å². The van der Waals surface area contributed by atoms with E-state index in [4.69, 9.17) is 10.5 Å². The molecule has 21 heavy (non-hydrogen) atoms. The van der Waals surface area contributed by atoms with Crippen molar-refractivity contribution in [2.45, 2.75) is 25.9 Å². The van der Waals surface area contributed by atoms with Crippen molar-refractivity contribution in [3.05, 3.63) is 65.7 Å². The van der Waals surface area contributed by atoms with Crippen LogP contribution in [0.4, 0.5) is 0 Å². The lowest BCUT2D eigenvalue weighted by atomic mass is 10.1. The summed E-state index contributed by atoms with van der Waals surface area (Å²) in [6.45, 7) is 4.25.